The van der Waals surface area contributed by atoms with Crippen LogP contribution in [-0.2, 0) is 6.42 Å². The van der Waals surface area contributed by atoms with Crippen molar-refractivity contribution in [2.75, 3.05) is 25.5 Å². The fourth-order valence-electron chi connectivity index (χ4n) is 2.61. The van der Waals surface area contributed by atoms with Crippen LogP contribution in [0.25, 0.3) is 0 Å². The minimum atomic E-state index is 0.412. The van der Waals surface area contributed by atoms with Gasteiger partial charge in [0.2, 0.25) is 0 Å². The lowest BCUT2D eigenvalue weighted by molar-refractivity contribution is 0.515. The molecular weight excluding hydrogens is 256 g/mol. The standard InChI is InChI=1S/C19H26N2/c1-4-20-19(14-13-16-9-6-5-7-10-16)17-11-8-12-18(15-17)21(2)3/h5-12,15,19-20H,4,13-14H2,1-3H3. The van der Waals surface area contributed by atoms with Crippen molar-refractivity contribution in [2.24, 2.45) is 0 Å². The number of hydrogen-bond acceptors (Lipinski definition) is 2. The van der Waals surface area contributed by atoms with Gasteiger partial charge in [0, 0.05) is 25.8 Å². The number of hydrogen-bond donors (Lipinski definition) is 1. The molecule has 0 saturated carbocycles. The van der Waals surface area contributed by atoms with Crippen molar-refractivity contribution < 1.29 is 0 Å². The Morgan fingerprint density at radius 1 is 1.00 bits per heavy atom. The van der Waals surface area contributed by atoms with E-state index in [-0.39, 0.29) is 0 Å². The summed E-state index contributed by atoms with van der Waals surface area (Å²) in [6, 6.07) is 20.0. The Balaban J connectivity index is 2.09. The molecule has 2 nitrogen and oxygen atoms in total. The third-order valence-electron chi connectivity index (χ3n) is 3.80. The van der Waals surface area contributed by atoms with Crippen molar-refractivity contribution in [3.05, 3.63) is 65.7 Å². The molecule has 1 atom stereocenters. The molecular formula is C19H26N2. The van der Waals surface area contributed by atoms with Gasteiger partial charge in [-0.2, -0.15) is 0 Å². The van der Waals surface area contributed by atoms with Crippen LogP contribution < -0.4 is 10.2 Å². The zero-order valence-electron chi connectivity index (χ0n) is 13.3. The van der Waals surface area contributed by atoms with E-state index in [2.05, 4.69) is 85.8 Å². The van der Waals surface area contributed by atoms with E-state index >= 15 is 0 Å². The zero-order chi connectivity index (χ0) is 15.1. The molecule has 2 aromatic rings. The number of anilines is 1. The van der Waals surface area contributed by atoms with Crippen LogP contribution in [0.1, 0.15) is 30.5 Å². The van der Waals surface area contributed by atoms with E-state index in [9.17, 15) is 0 Å². The molecule has 0 spiro atoms. The Labute approximate surface area is 128 Å². The van der Waals surface area contributed by atoms with E-state index in [4.69, 9.17) is 0 Å². The molecule has 21 heavy (non-hydrogen) atoms. The van der Waals surface area contributed by atoms with Crippen LogP contribution in [0.5, 0.6) is 0 Å². The molecule has 0 saturated heterocycles. The Morgan fingerprint density at radius 2 is 1.76 bits per heavy atom. The molecule has 1 N–H and O–H groups in total. The third kappa shape index (κ3) is 4.61. The number of nitrogens with one attached hydrogen (secondary N) is 1. The van der Waals surface area contributed by atoms with Gasteiger partial charge >= 0.3 is 0 Å². The maximum absolute atomic E-state index is 3.62. The van der Waals surface area contributed by atoms with Gasteiger partial charge in [-0.3, -0.25) is 0 Å². The Morgan fingerprint density at radius 3 is 2.43 bits per heavy atom. The molecule has 0 radical (unpaired) electrons. The number of benzene rings is 2. The van der Waals surface area contributed by atoms with Crippen LogP contribution in [0.4, 0.5) is 5.69 Å². The first-order chi connectivity index (χ1) is 10.2. The second-order valence-corrected chi connectivity index (χ2v) is 5.62. The minimum Gasteiger partial charge on any atom is -0.378 e. The predicted molar refractivity (Wildman–Crippen MR) is 91.9 cm³/mol. The summed E-state index contributed by atoms with van der Waals surface area (Å²) in [5.74, 6) is 0. The van der Waals surface area contributed by atoms with Gasteiger partial charge in [0.1, 0.15) is 0 Å². The maximum atomic E-state index is 3.62. The summed E-state index contributed by atoms with van der Waals surface area (Å²) in [5, 5.41) is 3.62. The lowest BCUT2D eigenvalue weighted by atomic mass is 9.98. The average Bonchev–Trinajstić information content (AvgIpc) is 2.52. The molecule has 0 fully saturated rings. The van der Waals surface area contributed by atoms with Gasteiger partial charge in [0.05, 0.1) is 0 Å². The topological polar surface area (TPSA) is 15.3 Å². The number of nitrogens with zero attached hydrogens (tertiary/aromatic N) is 1. The van der Waals surface area contributed by atoms with Crippen molar-refractivity contribution in [2.45, 2.75) is 25.8 Å². The Bertz CT molecular complexity index is 534. The zero-order valence-corrected chi connectivity index (χ0v) is 13.3. The van der Waals surface area contributed by atoms with E-state index < -0.39 is 0 Å². The van der Waals surface area contributed by atoms with Gasteiger partial charge in [0.25, 0.3) is 0 Å². The quantitative estimate of drug-likeness (QED) is 0.824. The van der Waals surface area contributed by atoms with Crippen molar-refractivity contribution in [1.29, 1.82) is 0 Å². The summed E-state index contributed by atoms with van der Waals surface area (Å²) in [7, 11) is 4.18. The second-order valence-electron chi connectivity index (χ2n) is 5.62. The molecule has 0 aliphatic carbocycles. The lowest BCUT2D eigenvalue weighted by Crippen LogP contribution is -2.22. The first kappa shape index (κ1) is 15.6. The monoisotopic (exact) mass is 282 g/mol. The van der Waals surface area contributed by atoms with Crippen LogP contribution in [0.15, 0.2) is 54.6 Å². The summed E-state index contributed by atoms with van der Waals surface area (Å²) < 4.78 is 0. The van der Waals surface area contributed by atoms with Crippen LogP contribution >= 0.6 is 0 Å². The van der Waals surface area contributed by atoms with Gasteiger partial charge in [-0.05, 0) is 42.6 Å². The first-order valence-corrected chi connectivity index (χ1v) is 7.75. The van der Waals surface area contributed by atoms with Gasteiger partial charge < -0.3 is 10.2 Å². The van der Waals surface area contributed by atoms with E-state index in [1.165, 1.54) is 16.8 Å². The van der Waals surface area contributed by atoms with Gasteiger partial charge in [-0.1, -0.05) is 49.4 Å². The largest absolute Gasteiger partial charge is 0.378 e. The molecule has 0 aliphatic rings. The Kier molecular flexibility index (Phi) is 5.82. The highest BCUT2D eigenvalue weighted by molar-refractivity contribution is 5.47. The summed E-state index contributed by atoms with van der Waals surface area (Å²) >= 11 is 0. The predicted octanol–water partition coefficient (Wildman–Crippen LogP) is 4.04. The number of rotatable bonds is 7. The van der Waals surface area contributed by atoms with Crippen LogP contribution in [0, 0.1) is 0 Å². The fourth-order valence-corrected chi connectivity index (χ4v) is 2.61. The van der Waals surface area contributed by atoms with Crippen molar-refractivity contribution in [3.8, 4) is 0 Å². The van der Waals surface area contributed by atoms with Gasteiger partial charge in [-0.25, -0.2) is 0 Å². The van der Waals surface area contributed by atoms with Crippen LogP contribution in [0.2, 0.25) is 0 Å². The molecule has 0 aliphatic heterocycles. The summed E-state index contributed by atoms with van der Waals surface area (Å²) in [4.78, 5) is 2.16. The first-order valence-electron chi connectivity index (χ1n) is 7.75. The molecule has 2 rings (SSSR count). The highest BCUT2D eigenvalue weighted by Crippen LogP contribution is 2.23. The van der Waals surface area contributed by atoms with Crippen molar-refractivity contribution >= 4 is 5.69 Å². The molecule has 0 amide bonds. The highest BCUT2D eigenvalue weighted by atomic mass is 15.1. The molecule has 0 heterocycles. The Hall–Kier alpha value is -1.80. The van der Waals surface area contributed by atoms with Crippen molar-refractivity contribution in [1.82, 2.24) is 5.32 Å². The molecule has 0 bridgehead atoms. The SMILES string of the molecule is CCNC(CCc1ccccc1)c1cccc(N(C)C)c1. The van der Waals surface area contributed by atoms with E-state index in [1.807, 2.05) is 0 Å². The summed E-state index contributed by atoms with van der Waals surface area (Å²) in [5.41, 5.74) is 4.04. The fraction of sp³-hybridized carbons (Fsp3) is 0.368. The second kappa shape index (κ2) is 7.84. The van der Waals surface area contributed by atoms with E-state index in [0.29, 0.717) is 6.04 Å². The molecule has 112 valence electrons. The van der Waals surface area contributed by atoms with Crippen LogP contribution in [0.3, 0.4) is 0 Å². The minimum absolute atomic E-state index is 0.412. The average molecular weight is 282 g/mol. The summed E-state index contributed by atoms with van der Waals surface area (Å²) in [6.45, 7) is 3.16. The molecule has 2 heteroatoms. The smallest absolute Gasteiger partial charge is 0.0364 e. The van der Waals surface area contributed by atoms with Gasteiger partial charge in [0.15, 0.2) is 0 Å². The molecule has 2 aromatic carbocycles. The van der Waals surface area contributed by atoms with Crippen LogP contribution in [-0.4, -0.2) is 20.6 Å². The lowest BCUT2D eigenvalue weighted by Gasteiger charge is -2.21. The van der Waals surface area contributed by atoms with Gasteiger partial charge in [-0.15, -0.1) is 0 Å². The third-order valence-corrected chi connectivity index (χ3v) is 3.80. The van der Waals surface area contributed by atoms with Crippen molar-refractivity contribution in [3.63, 3.8) is 0 Å². The van der Waals surface area contributed by atoms with E-state index in [0.717, 1.165) is 19.4 Å². The van der Waals surface area contributed by atoms with E-state index in [1.54, 1.807) is 0 Å². The highest BCUT2D eigenvalue weighted by Gasteiger charge is 2.11. The summed E-state index contributed by atoms with van der Waals surface area (Å²) in [6.07, 6.45) is 2.22. The normalized spacial score (nSPS) is 12.1. The molecule has 1 unspecified atom stereocenters. The number of aryl methyl sites for hydroxylation is 1. The maximum Gasteiger partial charge on any atom is 0.0364 e. The molecule has 0 aromatic heterocycles.